The van der Waals surface area contributed by atoms with Gasteiger partial charge in [-0.15, -0.1) is 0 Å². The normalized spacial score (nSPS) is 15.8. The van der Waals surface area contributed by atoms with E-state index in [0.717, 1.165) is 75.2 Å². The van der Waals surface area contributed by atoms with Crippen LogP contribution in [0.1, 0.15) is 108 Å². The van der Waals surface area contributed by atoms with Crippen molar-refractivity contribution in [2.75, 3.05) is 0 Å². The van der Waals surface area contributed by atoms with E-state index >= 15 is 0 Å². The Bertz CT molecular complexity index is 1290. The minimum absolute atomic E-state index is 0.00526. The topological polar surface area (TPSA) is 24.1 Å². The van der Waals surface area contributed by atoms with Crippen LogP contribution in [-0.2, 0) is 18.4 Å². The number of hydrogen-bond acceptors (Lipinski definition) is 2. The molecule has 1 aliphatic carbocycles. The minimum atomic E-state index is -2.99. The van der Waals surface area contributed by atoms with Crippen molar-refractivity contribution >= 4 is 0 Å². The average molecular weight is 615 g/mol. The van der Waals surface area contributed by atoms with Crippen molar-refractivity contribution in [2.24, 2.45) is 0 Å². The highest BCUT2D eigenvalue weighted by Gasteiger charge is 2.35. The fraction of sp³-hybridized carbons (Fsp3) is 0.463. The number of unbranched alkanes of at least 4 members (excludes halogenated alkanes) is 2. The van der Waals surface area contributed by atoms with E-state index in [4.69, 9.17) is 0 Å². The number of alkyl halides is 2. The zero-order chi connectivity index (χ0) is 32.7. The lowest BCUT2D eigenvalue weighted by atomic mass is 9.79. The predicted molar refractivity (Wildman–Crippen MR) is 189 cm³/mol. The van der Waals surface area contributed by atoms with Crippen molar-refractivity contribution in [3.8, 4) is 0 Å². The first-order valence-corrected chi connectivity index (χ1v) is 17.0. The molecular formula is C41H56F2N2. The van der Waals surface area contributed by atoms with Crippen molar-refractivity contribution in [1.82, 2.24) is 10.6 Å². The molecule has 1 unspecified atom stereocenters. The van der Waals surface area contributed by atoms with Crippen LogP contribution in [0, 0.1) is 0 Å². The van der Waals surface area contributed by atoms with Crippen LogP contribution < -0.4 is 10.6 Å². The Kier molecular flexibility index (Phi) is 14.4. The van der Waals surface area contributed by atoms with Gasteiger partial charge in [0.1, 0.15) is 0 Å². The first-order chi connectivity index (χ1) is 21.5. The van der Waals surface area contributed by atoms with E-state index in [1.54, 1.807) is 25.2 Å². The van der Waals surface area contributed by atoms with Crippen molar-refractivity contribution in [3.63, 3.8) is 0 Å². The third kappa shape index (κ3) is 12.1. The fourth-order valence-electron chi connectivity index (χ4n) is 6.38. The zero-order valence-corrected chi connectivity index (χ0v) is 28.1. The monoisotopic (exact) mass is 614 g/mol. The van der Waals surface area contributed by atoms with E-state index in [2.05, 4.69) is 73.7 Å². The Morgan fingerprint density at radius 2 is 1.67 bits per heavy atom. The molecule has 1 aliphatic rings. The molecule has 0 radical (unpaired) electrons. The summed E-state index contributed by atoms with van der Waals surface area (Å²) in [5.74, 6) is -2.25. The molecule has 0 aromatic heterocycles. The number of nitrogens with one attached hydrogen (secondary N) is 2. The number of hydrogen-bond donors (Lipinski definition) is 2. The average Bonchev–Trinajstić information content (AvgIpc) is 3.52. The molecule has 1 fully saturated rings. The second-order valence-corrected chi connectivity index (χ2v) is 13.1. The third-order valence-corrected chi connectivity index (χ3v) is 8.93. The smallest absolute Gasteiger partial charge is 0.270 e. The van der Waals surface area contributed by atoms with Gasteiger partial charge < -0.3 is 10.6 Å². The van der Waals surface area contributed by atoms with Crippen molar-refractivity contribution in [2.45, 2.75) is 122 Å². The van der Waals surface area contributed by atoms with E-state index in [1.807, 2.05) is 18.2 Å². The number of benzene rings is 2. The maximum absolute atomic E-state index is 15.0. The van der Waals surface area contributed by atoms with Crippen LogP contribution in [0.15, 0.2) is 115 Å². The molecule has 0 aliphatic heterocycles. The van der Waals surface area contributed by atoms with E-state index < -0.39 is 11.5 Å². The third-order valence-electron chi connectivity index (χ3n) is 8.93. The molecule has 3 rings (SSSR count). The molecule has 45 heavy (non-hydrogen) atoms. The highest BCUT2D eigenvalue weighted by atomic mass is 19.3. The van der Waals surface area contributed by atoms with Gasteiger partial charge in [-0.05, 0) is 81.4 Å². The number of halogens is 2. The molecule has 0 spiro atoms. The zero-order valence-electron chi connectivity index (χ0n) is 28.1. The van der Waals surface area contributed by atoms with Gasteiger partial charge in [0.05, 0.1) is 11.4 Å². The Morgan fingerprint density at radius 3 is 2.33 bits per heavy atom. The summed E-state index contributed by atoms with van der Waals surface area (Å²) in [5.41, 5.74) is 4.82. The molecule has 1 saturated carbocycles. The highest BCUT2D eigenvalue weighted by Crippen LogP contribution is 2.35. The van der Waals surface area contributed by atoms with Gasteiger partial charge in [0.15, 0.2) is 0 Å². The van der Waals surface area contributed by atoms with Gasteiger partial charge in [-0.3, -0.25) is 0 Å². The Balaban J connectivity index is 2.00. The second kappa shape index (κ2) is 17.9. The van der Waals surface area contributed by atoms with Gasteiger partial charge in [0.2, 0.25) is 0 Å². The molecule has 0 bridgehead atoms. The molecule has 4 heteroatoms. The molecule has 2 N–H and O–H groups in total. The first-order valence-electron chi connectivity index (χ1n) is 17.0. The van der Waals surface area contributed by atoms with E-state index in [0.29, 0.717) is 24.5 Å². The molecule has 1 atom stereocenters. The predicted octanol–water partition coefficient (Wildman–Crippen LogP) is 11.3. The minimum Gasteiger partial charge on any atom is -0.370 e. The maximum atomic E-state index is 15.0. The largest absolute Gasteiger partial charge is 0.370 e. The van der Waals surface area contributed by atoms with Gasteiger partial charge in [-0.1, -0.05) is 136 Å². The summed E-state index contributed by atoms with van der Waals surface area (Å²) in [5, 5.41) is 7.40. The van der Waals surface area contributed by atoms with Crippen LogP contribution >= 0.6 is 0 Å². The summed E-state index contributed by atoms with van der Waals surface area (Å²) in [7, 11) is 0. The van der Waals surface area contributed by atoms with E-state index in [9.17, 15) is 8.78 Å². The summed E-state index contributed by atoms with van der Waals surface area (Å²) < 4.78 is 30.0. The van der Waals surface area contributed by atoms with Gasteiger partial charge in [0, 0.05) is 18.5 Å². The van der Waals surface area contributed by atoms with Gasteiger partial charge in [-0.25, -0.2) is 8.78 Å². The molecular weight excluding hydrogens is 558 g/mol. The van der Waals surface area contributed by atoms with Gasteiger partial charge >= 0.3 is 0 Å². The Labute approximate surface area is 272 Å². The van der Waals surface area contributed by atoms with Gasteiger partial charge in [-0.2, -0.15) is 0 Å². The second-order valence-electron chi connectivity index (χ2n) is 13.1. The molecule has 0 saturated heterocycles. The Morgan fingerprint density at radius 1 is 0.956 bits per heavy atom. The summed E-state index contributed by atoms with van der Waals surface area (Å²) in [4.78, 5) is 0. The van der Waals surface area contributed by atoms with Crippen LogP contribution in [0.3, 0.4) is 0 Å². The lowest BCUT2D eigenvalue weighted by molar-refractivity contribution is 0.0668. The van der Waals surface area contributed by atoms with Crippen molar-refractivity contribution in [1.29, 1.82) is 0 Å². The van der Waals surface area contributed by atoms with Crippen molar-refractivity contribution < 1.29 is 8.78 Å². The van der Waals surface area contributed by atoms with E-state index in [1.165, 1.54) is 30.4 Å². The van der Waals surface area contributed by atoms with Crippen LogP contribution in [0.4, 0.5) is 8.78 Å². The Hall–Kier alpha value is -3.40. The van der Waals surface area contributed by atoms with Crippen molar-refractivity contribution in [3.05, 3.63) is 132 Å². The lowest BCUT2D eigenvalue weighted by Gasteiger charge is -2.38. The molecule has 244 valence electrons. The number of allylic oxidation sites excluding steroid dienone is 5. The number of rotatable bonds is 20. The summed E-state index contributed by atoms with van der Waals surface area (Å²) in [6.07, 6.45) is 18.3. The fourth-order valence-corrected chi connectivity index (χ4v) is 6.38. The quantitative estimate of drug-likeness (QED) is 0.0881. The molecule has 0 heterocycles. The standard InChI is InChI=1S/C41H56F2N2/c1-7-18-33(4)19-11-9-12-20-35-23-17-24-38(30-35)41(31-36-21-13-10-14-22-36,45-34(5)44-39-25-15-16-26-39)28-27-37(40(6,42)43)29-32(3)8-2/h8,10,13-14,17,21-24,27,29-30,39,44-45H,2,4-5,7,9,11-12,15-16,18-20,25-26,28,31H2,1,3,6H3/b32-29-,37-27+. The van der Waals surface area contributed by atoms with Gasteiger partial charge in [0.25, 0.3) is 5.92 Å². The van der Waals surface area contributed by atoms with Crippen LogP contribution in [0.2, 0.25) is 0 Å². The SMILES string of the molecule is C=C/C(C)=C\C(=C/CC(Cc1ccccc1)(NC(=C)NC1CCCC1)c1cccc(CCCCCC(=C)CCC)c1)C(C)(F)F. The summed E-state index contributed by atoms with van der Waals surface area (Å²) >= 11 is 0. The van der Waals surface area contributed by atoms with E-state index in [-0.39, 0.29) is 5.57 Å². The molecule has 0 amide bonds. The molecule has 2 aromatic carbocycles. The molecule has 2 aromatic rings. The van der Waals surface area contributed by atoms with Crippen LogP contribution in [-0.4, -0.2) is 12.0 Å². The summed E-state index contributed by atoms with van der Waals surface area (Å²) in [6, 6.07) is 19.4. The summed E-state index contributed by atoms with van der Waals surface area (Å²) in [6.45, 7) is 17.4. The van der Waals surface area contributed by atoms with Crippen LogP contribution in [0.25, 0.3) is 0 Å². The van der Waals surface area contributed by atoms with Crippen LogP contribution in [0.5, 0.6) is 0 Å². The number of aryl methyl sites for hydroxylation is 1. The lowest BCUT2D eigenvalue weighted by Crippen LogP contribution is -2.47. The first kappa shape index (κ1) is 36.1. The highest BCUT2D eigenvalue weighted by molar-refractivity contribution is 5.37. The maximum Gasteiger partial charge on any atom is 0.270 e. The molecule has 2 nitrogen and oxygen atoms in total.